The average molecular weight is 194 g/mol. The van der Waals surface area contributed by atoms with E-state index in [0.717, 1.165) is 11.1 Å². The largest absolute Gasteiger partial charge is 0.207 e. The van der Waals surface area contributed by atoms with Gasteiger partial charge in [-0.1, -0.05) is 32.1 Å². The number of hydrogen-bond donors (Lipinski definition) is 0. The summed E-state index contributed by atoms with van der Waals surface area (Å²) in [7, 11) is 0. The molecule has 0 aromatic heterocycles. The summed E-state index contributed by atoms with van der Waals surface area (Å²) in [4.78, 5) is 0. The Hall–Kier alpha value is -1.11. The van der Waals surface area contributed by atoms with Gasteiger partial charge in [0.05, 0.1) is 0 Å². The van der Waals surface area contributed by atoms with Gasteiger partial charge in [0, 0.05) is 0 Å². The van der Waals surface area contributed by atoms with Gasteiger partial charge in [0.15, 0.2) is 0 Å². The van der Waals surface area contributed by atoms with Crippen molar-refractivity contribution in [3.8, 4) is 0 Å². The smallest absolute Gasteiger partial charge is 0.122 e. The predicted molar refractivity (Wildman–Crippen MR) is 61.8 cm³/mol. The van der Waals surface area contributed by atoms with Crippen LogP contribution in [0, 0.1) is 0 Å². The van der Waals surface area contributed by atoms with Crippen LogP contribution in [0.2, 0.25) is 0 Å². The monoisotopic (exact) mass is 194 g/mol. The third kappa shape index (κ3) is 3.73. The second-order valence-electron chi connectivity index (χ2n) is 3.05. The Morgan fingerprint density at radius 3 is 2.43 bits per heavy atom. The van der Waals surface area contributed by atoms with Crippen LogP contribution in [-0.2, 0) is 0 Å². The fraction of sp³-hybridized carbons (Fsp3) is 0.385. The second kappa shape index (κ2) is 6.36. The first-order valence-corrected chi connectivity index (χ1v) is 5.01. The summed E-state index contributed by atoms with van der Waals surface area (Å²) < 4.78 is 13.0. The van der Waals surface area contributed by atoms with E-state index in [0.29, 0.717) is 12.0 Å². The Morgan fingerprint density at radius 1 is 1.36 bits per heavy atom. The highest BCUT2D eigenvalue weighted by molar-refractivity contribution is 5.44. The van der Waals surface area contributed by atoms with Gasteiger partial charge in [-0.05, 0) is 43.6 Å². The first-order valence-electron chi connectivity index (χ1n) is 5.01. The molecule has 0 unspecified atom stereocenters. The molecule has 14 heavy (non-hydrogen) atoms. The molecular formula is C13H19F. The molecule has 0 saturated heterocycles. The molecule has 1 aliphatic rings. The van der Waals surface area contributed by atoms with E-state index in [1.165, 1.54) is 0 Å². The van der Waals surface area contributed by atoms with Gasteiger partial charge >= 0.3 is 0 Å². The number of halogens is 1. The zero-order valence-electron chi connectivity index (χ0n) is 9.52. The fourth-order valence-electron chi connectivity index (χ4n) is 1.11. The van der Waals surface area contributed by atoms with Gasteiger partial charge in [-0.15, -0.1) is 0 Å². The molecule has 0 radical (unpaired) electrons. The first-order chi connectivity index (χ1) is 6.61. The zero-order chi connectivity index (χ0) is 11.1. The van der Waals surface area contributed by atoms with E-state index in [1.54, 1.807) is 13.0 Å². The minimum absolute atomic E-state index is 0.123. The van der Waals surface area contributed by atoms with Crippen LogP contribution in [0.3, 0.4) is 0 Å². The van der Waals surface area contributed by atoms with E-state index in [-0.39, 0.29) is 5.83 Å². The summed E-state index contributed by atoms with van der Waals surface area (Å²) in [5.41, 5.74) is 2.70. The molecule has 0 spiro atoms. The van der Waals surface area contributed by atoms with E-state index in [2.05, 4.69) is 6.58 Å². The van der Waals surface area contributed by atoms with E-state index in [4.69, 9.17) is 0 Å². The highest BCUT2D eigenvalue weighted by Crippen LogP contribution is 2.21. The molecule has 1 heteroatoms. The summed E-state index contributed by atoms with van der Waals surface area (Å²) in [5, 5.41) is 0. The van der Waals surface area contributed by atoms with Crippen molar-refractivity contribution >= 4 is 0 Å². The molecule has 78 valence electrons. The molecule has 0 atom stereocenters. The van der Waals surface area contributed by atoms with Gasteiger partial charge in [0.2, 0.25) is 0 Å². The Balaban J connectivity index is 0.000000791. The standard InChI is InChI=1S/C11H13F.C2H6/c1-8(2)10-5-4-6-11(12)9(3)7-10;1-2/h5-7H,1,4H2,2-3H3;1-2H3. The molecule has 0 amide bonds. The van der Waals surface area contributed by atoms with Crippen LogP contribution in [0.1, 0.15) is 34.1 Å². The van der Waals surface area contributed by atoms with E-state index in [9.17, 15) is 4.39 Å². The van der Waals surface area contributed by atoms with Gasteiger partial charge in [-0.3, -0.25) is 0 Å². The maximum Gasteiger partial charge on any atom is 0.122 e. The lowest BCUT2D eigenvalue weighted by molar-refractivity contribution is 0.648. The van der Waals surface area contributed by atoms with E-state index in [1.807, 2.05) is 32.9 Å². The van der Waals surface area contributed by atoms with Gasteiger partial charge in [0.25, 0.3) is 0 Å². The molecule has 0 aromatic rings. The lowest BCUT2D eigenvalue weighted by Gasteiger charge is -1.99. The Morgan fingerprint density at radius 2 is 1.93 bits per heavy atom. The van der Waals surface area contributed by atoms with Crippen molar-refractivity contribution in [3.63, 3.8) is 0 Å². The molecule has 0 heterocycles. The van der Waals surface area contributed by atoms with Crippen molar-refractivity contribution in [1.29, 1.82) is 0 Å². The summed E-state index contributed by atoms with van der Waals surface area (Å²) in [6.45, 7) is 11.5. The molecule has 0 N–H and O–H groups in total. The third-order valence-corrected chi connectivity index (χ3v) is 1.88. The maximum atomic E-state index is 13.0. The minimum atomic E-state index is -0.123. The molecular weight excluding hydrogens is 175 g/mol. The van der Waals surface area contributed by atoms with E-state index < -0.39 is 0 Å². The van der Waals surface area contributed by atoms with Crippen molar-refractivity contribution in [2.45, 2.75) is 34.1 Å². The van der Waals surface area contributed by atoms with Crippen LogP contribution in [-0.4, -0.2) is 0 Å². The molecule has 0 aromatic carbocycles. The van der Waals surface area contributed by atoms with Gasteiger partial charge in [-0.2, -0.15) is 0 Å². The second-order valence-corrected chi connectivity index (χ2v) is 3.05. The average Bonchev–Trinajstić information content (AvgIpc) is 2.33. The predicted octanol–water partition coefficient (Wildman–Crippen LogP) is 4.72. The van der Waals surface area contributed by atoms with Crippen molar-refractivity contribution < 1.29 is 4.39 Å². The zero-order valence-corrected chi connectivity index (χ0v) is 9.52. The van der Waals surface area contributed by atoms with Crippen molar-refractivity contribution in [2.24, 2.45) is 0 Å². The third-order valence-electron chi connectivity index (χ3n) is 1.88. The molecule has 1 aliphatic carbocycles. The maximum absolute atomic E-state index is 13.0. The summed E-state index contributed by atoms with van der Waals surface area (Å²) in [5.74, 6) is -0.123. The molecule has 0 aliphatic heterocycles. The highest BCUT2D eigenvalue weighted by Gasteiger charge is 2.03. The van der Waals surface area contributed by atoms with Crippen LogP contribution in [0.25, 0.3) is 0 Å². The van der Waals surface area contributed by atoms with E-state index >= 15 is 0 Å². The quantitative estimate of drug-likeness (QED) is 0.566. The van der Waals surface area contributed by atoms with Gasteiger partial charge in [0.1, 0.15) is 5.83 Å². The van der Waals surface area contributed by atoms with Crippen molar-refractivity contribution in [3.05, 3.63) is 47.4 Å². The summed E-state index contributed by atoms with van der Waals surface area (Å²) in [6, 6.07) is 0. The minimum Gasteiger partial charge on any atom is -0.207 e. The van der Waals surface area contributed by atoms with Crippen LogP contribution in [0.15, 0.2) is 47.4 Å². The normalized spacial score (nSPS) is 15.4. The van der Waals surface area contributed by atoms with Crippen LogP contribution in [0.5, 0.6) is 0 Å². The highest BCUT2D eigenvalue weighted by atomic mass is 19.1. The number of allylic oxidation sites excluding steroid dienone is 7. The molecule has 0 nitrogen and oxygen atoms in total. The lowest BCUT2D eigenvalue weighted by atomic mass is 10.1. The molecule has 0 bridgehead atoms. The van der Waals surface area contributed by atoms with Crippen molar-refractivity contribution in [1.82, 2.24) is 0 Å². The lowest BCUT2D eigenvalue weighted by Crippen LogP contribution is -1.80. The topological polar surface area (TPSA) is 0 Å². The van der Waals surface area contributed by atoms with Crippen LogP contribution < -0.4 is 0 Å². The molecule has 0 saturated carbocycles. The fourth-order valence-corrected chi connectivity index (χ4v) is 1.11. The van der Waals surface area contributed by atoms with Crippen molar-refractivity contribution in [2.75, 3.05) is 0 Å². The Kier molecular flexibility index (Phi) is 5.86. The van der Waals surface area contributed by atoms with Crippen LogP contribution in [0.4, 0.5) is 4.39 Å². The first kappa shape index (κ1) is 12.9. The molecule has 0 fully saturated rings. The summed E-state index contributed by atoms with van der Waals surface area (Å²) in [6.07, 6.45) is 6.06. The Labute approximate surface area is 86.5 Å². The molecule has 1 rings (SSSR count). The Bertz CT molecular complexity index is 290. The van der Waals surface area contributed by atoms with Gasteiger partial charge in [-0.25, -0.2) is 4.39 Å². The number of rotatable bonds is 1. The summed E-state index contributed by atoms with van der Waals surface area (Å²) >= 11 is 0. The number of hydrogen-bond acceptors (Lipinski definition) is 0. The SMILES string of the molecule is C=C(C)C1=CCC=C(F)C(C)=C1.CC. The van der Waals surface area contributed by atoms with Crippen LogP contribution >= 0.6 is 0 Å². The van der Waals surface area contributed by atoms with Gasteiger partial charge < -0.3 is 0 Å².